The molecule has 6 nitrogen and oxygen atoms in total. The Morgan fingerprint density at radius 3 is 1.10 bits per heavy atom. The second kappa shape index (κ2) is 9.53. The molecule has 31 heavy (non-hydrogen) atoms. The molecule has 0 spiro atoms. The van der Waals surface area contributed by atoms with Gasteiger partial charge in [0.15, 0.2) is 0 Å². The van der Waals surface area contributed by atoms with E-state index in [2.05, 4.69) is 15.0 Å². The maximum Gasteiger partial charge on any atom is 0.240 e. The molecule has 0 aromatic heterocycles. The number of rotatable bonds is 6. The van der Waals surface area contributed by atoms with E-state index in [1.165, 1.54) is 0 Å². The smallest absolute Gasteiger partial charge is 0.211 e. The Morgan fingerprint density at radius 2 is 0.839 bits per heavy atom. The highest BCUT2D eigenvalue weighted by Crippen LogP contribution is 2.45. The summed E-state index contributed by atoms with van der Waals surface area (Å²) in [4.78, 5) is 45.1. The van der Waals surface area contributed by atoms with E-state index < -0.39 is 5.92 Å². The third kappa shape index (κ3) is 4.69. The van der Waals surface area contributed by atoms with E-state index in [9.17, 15) is 14.4 Å². The zero-order valence-corrected chi connectivity index (χ0v) is 17.3. The minimum absolute atomic E-state index is 0.427. The van der Waals surface area contributed by atoms with Crippen LogP contribution in [0.15, 0.2) is 69.6 Å². The molecule has 0 radical (unpaired) electrons. The van der Waals surface area contributed by atoms with Gasteiger partial charge in [-0.2, -0.15) is 15.0 Å². The fourth-order valence-electron chi connectivity index (χ4n) is 3.67. The van der Waals surface area contributed by atoms with Crippen molar-refractivity contribution in [2.75, 3.05) is 0 Å². The third-order valence-corrected chi connectivity index (χ3v) is 4.98. The summed E-state index contributed by atoms with van der Waals surface area (Å²) in [7, 11) is 0. The van der Waals surface area contributed by atoms with Gasteiger partial charge >= 0.3 is 0 Å². The van der Waals surface area contributed by atoms with Gasteiger partial charge in [-0.1, -0.05) is 53.1 Å². The molecular weight excluding hydrogens is 390 g/mol. The van der Waals surface area contributed by atoms with Crippen molar-refractivity contribution in [3.8, 4) is 0 Å². The molecule has 0 aliphatic rings. The minimum Gasteiger partial charge on any atom is -0.211 e. The summed E-state index contributed by atoms with van der Waals surface area (Å²) in [5, 5.41) is 0. The molecule has 0 atom stereocenters. The van der Waals surface area contributed by atoms with Crippen LogP contribution in [0.4, 0.5) is 17.1 Å². The summed E-state index contributed by atoms with van der Waals surface area (Å²) >= 11 is 0. The quantitative estimate of drug-likeness (QED) is 0.297. The Kier molecular flexibility index (Phi) is 6.61. The van der Waals surface area contributed by atoms with Crippen LogP contribution < -0.4 is 0 Å². The summed E-state index contributed by atoms with van der Waals surface area (Å²) in [6, 6.07) is 16.5. The van der Waals surface area contributed by atoms with Crippen molar-refractivity contribution in [1.29, 1.82) is 0 Å². The van der Waals surface area contributed by atoms with Crippen molar-refractivity contribution in [2.24, 2.45) is 15.0 Å². The lowest BCUT2D eigenvalue weighted by atomic mass is 9.81. The lowest BCUT2D eigenvalue weighted by molar-refractivity contribution is 0.564. The van der Waals surface area contributed by atoms with Crippen molar-refractivity contribution in [3.05, 3.63) is 88.0 Å². The third-order valence-electron chi connectivity index (χ3n) is 4.98. The largest absolute Gasteiger partial charge is 0.240 e. The molecule has 152 valence electrons. The van der Waals surface area contributed by atoms with E-state index in [-0.39, 0.29) is 0 Å². The van der Waals surface area contributed by atoms with Gasteiger partial charge < -0.3 is 0 Å². The molecule has 3 rings (SSSR count). The van der Waals surface area contributed by atoms with E-state index in [0.29, 0.717) is 33.8 Å². The molecule has 3 aromatic rings. The molecule has 0 saturated carbocycles. The highest BCUT2D eigenvalue weighted by atomic mass is 16.1. The molecule has 0 aliphatic carbocycles. The monoisotopic (exact) mass is 409 g/mol. The SMILES string of the molecule is Cc1ccc(N=C=O)c(C(c2cc(C)ccc2N=C=O)c2cc(C)ccc2N=C=O)c1. The van der Waals surface area contributed by atoms with Crippen LogP contribution in [-0.4, -0.2) is 18.2 Å². The van der Waals surface area contributed by atoms with Crippen LogP contribution in [0.5, 0.6) is 0 Å². The standard InChI is InChI=1S/C25H19N3O3/c1-16-4-7-22(26-13-29)19(10-16)25(20-11-17(2)5-8-23(20)27-14-30)21-12-18(3)6-9-24(21)28-15-31/h4-12,25H,1-3H3. The molecule has 0 N–H and O–H groups in total. The first-order chi connectivity index (χ1) is 15.0. The number of carbonyl (C=O) groups excluding carboxylic acids is 3. The number of hydrogen-bond acceptors (Lipinski definition) is 6. The molecule has 0 saturated heterocycles. The molecule has 0 amide bonds. The normalized spacial score (nSPS) is 10.9. The van der Waals surface area contributed by atoms with Gasteiger partial charge in [0.1, 0.15) is 0 Å². The van der Waals surface area contributed by atoms with Crippen LogP contribution in [0.25, 0.3) is 0 Å². The molecule has 0 unspecified atom stereocenters. The van der Waals surface area contributed by atoms with Crippen LogP contribution in [-0.2, 0) is 14.4 Å². The second-order valence-corrected chi connectivity index (χ2v) is 7.23. The highest BCUT2D eigenvalue weighted by molar-refractivity contribution is 5.69. The van der Waals surface area contributed by atoms with E-state index in [1.807, 2.05) is 57.2 Å². The van der Waals surface area contributed by atoms with E-state index >= 15 is 0 Å². The number of aliphatic imine (C=N–C) groups is 3. The summed E-state index contributed by atoms with van der Waals surface area (Å²) < 4.78 is 0. The van der Waals surface area contributed by atoms with Gasteiger partial charge in [0.25, 0.3) is 0 Å². The molecule has 0 bridgehead atoms. The van der Waals surface area contributed by atoms with Crippen molar-refractivity contribution < 1.29 is 14.4 Å². The predicted molar refractivity (Wildman–Crippen MR) is 118 cm³/mol. The predicted octanol–water partition coefficient (Wildman–Crippen LogP) is 5.69. The van der Waals surface area contributed by atoms with Crippen LogP contribution >= 0.6 is 0 Å². The first-order valence-corrected chi connectivity index (χ1v) is 9.53. The number of nitrogens with zero attached hydrogens (tertiary/aromatic N) is 3. The Morgan fingerprint density at radius 1 is 0.548 bits per heavy atom. The fraction of sp³-hybridized carbons (Fsp3) is 0.160. The van der Waals surface area contributed by atoms with Crippen LogP contribution in [0.3, 0.4) is 0 Å². The number of isocyanates is 3. The zero-order valence-electron chi connectivity index (χ0n) is 17.3. The minimum atomic E-state index is -0.522. The molecular formula is C25H19N3O3. The summed E-state index contributed by atoms with van der Waals surface area (Å²) in [6.07, 6.45) is 4.82. The zero-order chi connectivity index (χ0) is 22.4. The van der Waals surface area contributed by atoms with Gasteiger partial charge in [0, 0.05) is 5.92 Å². The number of benzene rings is 3. The molecule has 0 fully saturated rings. The topological polar surface area (TPSA) is 88.3 Å². The summed E-state index contributed by atoms with van der Waals surface area (Å²) in [5.74, 6) is -0.522. The number of aryl methyl sites for hydroxylation is 3. The average Bonchev–Trinajstić information content (AvgIpc) is 2.74. The lowest BCUT2D eigenvalue weighted by Crippen LogP contribution is -2.06. The van der Waals surface area contributed by atoms with Crippen LogP contribution in [0, 0.1) is 20.8 Å². The maximum atomic E-state index is 11.1. The molecule has 6 heteroatoms. The molecule has 0 aliphatic heterocycles. The Balaban J connectivity index is 2.50. The van der Waals surface area contributed by atoms with Gasteiger partial charge in [0.2, 0.25) is 18.2 Å². The van der Waals surface area contributed by atoms with Gasteiger partial charge in [-0.3, -0.25) is 0 Å². The van der Waals surface area contributed by atoms with E-state index in [4.69, 9.17) is 0 Å². The maximum absolute atomic E-state index is 11.1. The Hall–Kier alpha value is -4.20. The van der Waals surface area contributed by atoms with Gasteiger partial charge in [0.05, 0.1) is 17.1 Å². The fourth-order valence-corrected chi connectivity index (χ4v) is 3.67. The highest BCUT2D eigenvalue weighted by Gasteiger charge is 2.26. The van der Waals surface area contributed by atoms with Gasteiger partial charge in [-0.05, 0) is 55.7 Å². The van der Waals surface area contributed by atoms with Crippen LogP contribution in [0.2, 0.25) is 0 Å². The van der Waals surface area contributed by atoms with Gasteiger partial charge in [-0.15, -0.1) is 0 Å². The average molecular weight is 409 g/mol. The summed E-state index contributed by atoms with van der Waals surface area (Å²) in [6.45, 7) is 5.78. The summed E-state index contributed by atoms with van der Waals surface area (Å²) in [5.41, 5.74) is 6.22. The molecule has 3 aromatic carbocycles. The van der Waals surface area contributed by atoms with Crippen molar-refractivity contribution in [2.45, 2.75) is 26.7 Å². The number of hydrogen-bond donors (Lipinski definition) is 0. The van der Waals surface area contributed by atoms with Gasteiger partial charge in [-0.25, -0.2) is 14.4 Å². The Bertz CT molecular complexity index is 1130. The van der Waals surface area contributed by atoms with Crippen LogP contribution in [0.1, 0.15) is 39.3 Å². The first-order valence-electron chi connectivity index (χ1n) is 9.53. The Labute approximate surface area is 179 Å². The van der Waals surface area contributed by atoms with E-state index in [1.54, 1.807) is 36.4 Å². The lowest BCUT2D eigenvalue weighted by Gasteiger charge is -2.24. The molecule has 0 heterocycles. The second-order valence-electron chi connectivity index (χ2n) is 7.23. The van der Waals surface area contributed by atoms with Crippen molar-refractivity contribution >= 4 is 35.3 Å². The van der Waals surface area contributed by atoms with Crippen molar-refractivity contribution in [3.63, 3.8) is 0 Å². The van der Waals surface area contributed by atoms with Crippen molar-refractivity contribution in [1.82, 2.24) is 0 Å². The first kappa shape index (κ1) is 21.5. The van der Waals surface area contributed by atoms with E-state index in [0.717, 1.165) is 16.7 Å².